The molecule has 0 bridgehead atoms. The summed E-state index contributed by atoms with van der Waals surface area (Å²) in [5.41, 5.74) is 3.94. The first-order valence-corrected chi connectivity index (χ1v) is 8.81. The Labute approximate surface area is 145 Å². The van der Waals surface area contributed by atoms with Gasteiger partial charge in [0.2, 0.25) is 0 Å². The third kappa shape index (κ3) is 3.75. The first kappa shape index (κ1) is 16.1. The van der Waals surface area contributed by atoms with Gasteiger partial charge in [-0.1, -0.05) is 12.1 Å². The van der Waals surface area contributed by atoms with Crippen LogP contribution in [0.15, 0.2) is 45.9 Å². The van der Waals surface area contributed by atoms with E-state index in [1.807, 2.05) is 31.2 Å². The molecule has 0 spiro atoms. The molecule has 0 atom stereocenters. The number of nitrogens with zero attached hydrogens (tertiary/aromatic N) is 2. The smallest absolute Gasteiger partial charge is 0.138 e. The van der Waals surface area contributed by atoms with E-state index in [9.17, 15) is 5.11 Å². The van der Waals surface area contributed by atoms with Gasteiger partial charge in [0.15, 0.2) is 0 Å². The topological polar surface area (TPSA) is 35.8 Å². The summed E-state index contributed by atoms with van der Waals surface area (Å²) in [5.74, 6) is 0.231. The first-order valence-electron chi connectivity index (χ1n) is 8.02. The van der Waals surface area contributed by atoms with Crippen LogP contribution in [0.4, 0.5) is 11.4 Å². The molecule has 1 fully saturated rings. The maximum absolute atomic E-state index is 10.2. The van der Waals surface area contributed by atoms with E-state index >= 15 is 0 Å². The molecular weight excluding hydrogens is 352 g/mol. The number of para-hydroxylation sites is 2. The van der Waals surface area contributed by atoms with Crippen molar-refractivity contribution < 1.29 is 5.11 Å². The molecule has 1 aliphatic rings. The summed E-state index contributed by atoms with van der Waals surface area (Å²) >= 11 is 3.38. The number of aryl methyl sites for hydroxylation is 1. The zero-order valence-corrected chi connectivity index (χ0v) is 14.9. The van der Waals surface area contributed by atoms with Gasteiger partial charge in [-0.3, -0.25) is 4.99 Å². The summed E-state index contributed by atoms with van der Waals surface area (Å²) in [6.07, 6.45) is 5.54. The van der Waals surface area contributed by atoms with Crippen LogP contribution in [0.2, 0.25) is 0 Å². The molecule has 1 saturated heterocycles. The number of halogens is 1. The van der Waals surface area contributed by atoms with Gasteiger partial charge in [-0.2, -0.15) is 0 Å². The molecule has 1 aliphatic heterocycles. The lowest BCUT2D eigenvalue weighted by atomic mass is 10.1. The molecule has 1 N–H and O–H groups in total. The largest absolute Gasteiger partial charge is 0.506 e. The molecular formula is C19H21BrN2O. The third-order valence-electron chi connectivity index (χ3n) is 4.16. The molecule has 4 heteroatoms. The van der Waals surface area contributed by atoms with Crippen LogP contribution in [0.1, 0.15) is 30.4 Å². The molecule has 23 heavy (non-hydrogen) atoms. The second-order valence-corrected chi connectivity index (χ2v) is 6.83. The molecule has 0 unspecified atom stereocenters. The molecule has 120 valence electrons. The number of phenolic OH excluding ortho intramolecular Hbond substituents is 1. The van der Waals surface area contributed by atoms with Crippen molar-refractivity contribution >= 4 is 33.5 Å². The van der Waals surface area contributed by atoms with Gasteiger partial charge in [0.25, 0.3) is 0 Å². The first-order chi connectivity index (χ1) is 11.1. The van der Waals surface area contributed by atoms with Crippen molar-refractivity contribution in [3.8, 4) is 5.75 Å². The predicted octanol–water partition coefficient (Wildman–Crippen LogP) is 5.20. The third-order valence-corrected chi connectivity index (χ3v) is 4.76. The number of hydrogen-bond donors (Lipinski definition) is 1. The Kier molecular flexibility index (Phi) is 5.01. The molecule has 3 nitrogen and oxygen atoms in total. The number of benzene rings is 2. The molecule has 0 saturated carbocycles. The Bertz CT molecular complexity index is 721. The number of phenols is 1. The van der Waals surface area contributed by atoms with Crippen LogP contribution < -0.4 is 4.90 Å². The molecule has 1 heterocycles. The maximum Gasteiger partial charge on any atom is 0.138 e. The highest BCUT2D eigenvalue weighted by Gasteiger charge is 2.13. The van der Waals surface area contributed by atoms with E-state index in [0.717, 1.165) is 29.9 Å². The molecule has 0 aromatic heterocycles. The minimum atomic E-state index is 0.231. The van der Waals surface area contributed by atoms with E-state index in [1.165, 1.54) is 24.9 Å². The van der Waals surface area contributed by atoms with E-state index in [-0.39, 0.29) is 5.75 Å². The summed E-state index contributed by atoms with van der Waals surface area (Å²) in [6.45, 7) is 4.19. The summed E-state index contributed by atoms with van der Waals surface area (Å²) in [5, 5.41) is 10.2. The fraction of sp³-hybridized carbons (Fsp3) is 0.316. The van der Waals surface area contributed by atoms with Crippen molar-refractivity contribution in [3.63, 3.8) is 0 Å². The Balaban J connectivity index is 1.91. The van der Waals surface area contributed by atoms with Gasteiger partial charge in [-0.25, -0.2) is 0 Å². The van der Waals surface area contributed by atoms with Gasteiger partial charge in [0.1, 0.15) is 5.75 Å². The van der Waals surface area contributed by atoms with Crippen molar-refractivity contribution in [3.05, 3.63) is 52.0 Å². The number of anilines is 1. The fourth-order valence-electron chi connectivity index (χ4n) is 2.97. The van der Waals surface area contributed by atoms with Crippen molar-refractivity contribution in [2.75, 3.05) is 18.0 Å². The summed E-state index contributed by atoms with van der Waals surface area (Å²) in [7, 11) is 0. The molecule has 0 aliphatic carbocycles. The van der Waals surface area contributed by atoms with Crippen LogP contribution in [-0.2, 0) is 0 Å². The lowest BCUT2D eigenvalue weighted by Gasteiger charge is -2.29. The summed E-state index contributed by atoms with van der Waals surface area (Å²) < 4.78 is 0.697. The van der Waals surface area contributed by atoms with Crippen molar-refractivity contribution in [1.29, 1.82) is 0 Å². The van der Waals surface area contributed by atoms with Crippen LogP contribution in [0, 0.1) is 6.92 Å². The van der Waals surface area contributed by atoms with Crippen LogP contribution in [0.3, 0.4) is 0 Å². The normalized spacial score (nSPS) is 15.3. The number of rotatable bonds is 3. The van der Waals surface area contributed by atoms with Crippen LogP contribution in [-0.4, -0.2) is 24.4 Å². The Morgan fingerprint density at radius 2 is 1.87 bits per heavy atom. The Morgan fingerprint density at radius 3 is 2.65 bits per heavy atom. The quantitative estimate of drug-likeness (QED) is 0.751. The van der Waals surface area contributed by atoms with E-state index in [2.05, 4.69) is 38.0 Å². The van der Waals surface area contributed by atoms with Crippen molar-refractivity contribution in [1.82, 2.24) is 0 Å². The Morgan fingerprint density at radius 1 is 1.13 bits per heavy atom. The lowest BCUT2D eigenvalue weighted by Crippen LogP contribution is -2.29. The summed E-state index contributed by atoms with van der Waals surface area (Å²) in [6, 6.07) is 12.1. The molecule has 2 aromatic rings. The highest BCUT2D eigenvalue weighted by Crippen LogP contribution is 2.32. The number of piperidine rings is 1. The molecule has 0 amide bonds. The highest BCUT2D eigenvalue weighted by atomic mass is 79.9. The van der Waals surface area contributed by atoms with Crippen LogP contribution in [0.5, 0.6) is 5.75 Å². The number of aliphatic imine (C=N–C) groups is 1. The highest BCUT2D eigenvalue weighted by molar-refractivity contribution is 9.10. The fourth-order valence-corrected chi connectivity index (χ4v) is 3.56. The predicted molar refractivity (Wildman–Crippen MR) is 100 cm³/mol. The summed E-state index contributed by atoms with van der Waals surface area (Å²) in [4.78, 5) is 7.05. The van der Waals surface area contributed by atoms with Gasteiger partial charge in [0, 0.05) is 24.9 Å². The second kappa shape index (κ2) is 7.18. The average Bonchev–Trinajstić information content (AvgIpc) is 2.58. The maximum atomic E-state index is 10.2. The minimum absolute atomic E-state index is 0.231. The van der Waals surface area contributed by atoms with E-state index in [4.69, 9.17) is 0 Å². The van der Waals surface area contributed by atoms with Gasteiger partial charge in [-0.15, -0.1) is 0 Å². The van der Waals surface area contributed by atoms with Crippen LogP contribution >= 0.6 is 15.9 Å². The SMILES string of the molecule is Cc1cc(Br)c(O)c(C=Nc2ccccc2N2CCCCC2)c1. The van der Waals surface area contributed by atoms with Gasteiger partial charge >= 0.3 is 0 Å². The Hall–Kier alpha value is -1.81. The van der Waals surface area contributed by atoms with Crippen molar-refractivity contribution in [2.24, 2.45) is 4.99 Å². The number of hydrogen-bond acceptors (Lipinski definition) is 3. The van der Waals surface area contributed by atoms with E-state index in [0.29, 0.717) is 4.47 Å². The van der Waals surface area contributed by atoms with Crippen molar-refractivity contribution in [2.45, 2.75) is 26.2 Å². The molecule has 0 radical (unpaired) electrons. The lowest BCUT2D eigenvalue weighted by molar-refractivity contribution is 0.471. The molecule has 2 aromatic carbocycles. The minimum Gasteiger partial charge on any atom is -0.506 e. The van der Waals surface area contributed by atoms with Gasteiger partial charge < -0.3 is 10.0 Å². The zero-order valence-electron chi connectivity index (χ0n) is 13.3. The zero-order chi connectivity index (χ0) is 16.2. The monoisotopic (exact) mass is 372 g/mol. The standard InChI is InChI=1S/C19H21BrN2O/c1-14-11-15(19(23)16(20)12-14)13-21-17-7-3-4-8-18(17)22-9-5-2-6-10-22/h3-4,7-8,11-13,23H,2,5-6,9-10H2,1H3. The van der Waals surface area contributed by atoms with E-state index < -0.39 is 0 Å². The number of aromatic hydroxyl groups is 1. The molecule has 3 rings (SSSR count). The average molecular weight is 373 g/mol. The van der Waals surface area contributed by atoms with Gasteiger partial charge in [-0.05, 0) is 71.9 Å². The second-order valence-electron chi connectivity index (χ2n) is 5.98. The van der Waals surface area contributed by atoms with E-state index in [1.54, 1.807) is 6.21 Å². The van der Waals surface area contributed by atoms with Crippen LogP contribution in [0.25, 0.3) is 0 Å². The van der Waals surface area contributed by atoms with Gasteiger partial charge in [0.05, 0.1) is 15.8 Å².